The zero-order valence-electron chi connectivity index (χ0n) is 10.0. The zero-order valence-corrected chi connectivity index (χ0v) is 10.8. The monoisotopic (exact) mass is 249 g/mol. The maximum Gasteiger partial charge on any atom is 0.240 e. The minimum absolute atomic E-state index is 0. The second-order valence-corrected chi connectivity index (χ2v) is 3.92. The van der Waals surface area contributed by atoms with Crippen molar-refractivity contribution >= 4 is 24.2 Å². The van der Waals surface area contributed by atoms with Crippen molar-refractivity contribution in [3.05, 3.63) is 0 Å². The van der Waals surface area contributed by atoms with Crippen LogP contribution in [0.5, 0.6) is 0 Å². The van der Waals surface area contributed by atoms with Gasteiger partial charge in [-0.2, -0.15) is 0 Å². The normalized spacial score (nSPS) is 20.3. The third kappa shape index (κ3) is 3.64. The Morgan fingerprint density at radius 1 is 1.56 bits per heavy atom. The number of likely N-dealkylation sites (N-methyl/N-ethyl adjacent to an activating group) is 1. The first-order chi connectivity index (χ1) is 7.06. The van der Waals surface area contributed by atoms with Crippen LogP contribution in [0.3, 0.4) is 0 Å². The van der Waals surface area contributed by atoms with E-state index in [4.69, 9.17) is 0 Å². The highest BCUT2D eigenvalue weighted by Gasteiger charge is 2.29. The van der Waals surface area contributed by atoms with Crippen LogP contribution >= 0.6 is 12.4 Å². The smallest absolute Gasteiger partial charge is 0.240 e. The maximum absolute atomic E-state index is 11.8. The van der Waals surface area contributed by atoms with Crippen molar-refractivity contribution in [2.45, 2.75) is 19.4 Å². The molecule has 1 rings (SSSR count). The first-order valence-electron chi connectivity index (χ1n) is 5.28. The van der Waals surface area contributed by atoms with Crippen molar-refractivity contribution in [3.8, 4) is 0 Å². The first-order valence-corrected chi connectivity index (χ1v) is 5.28. The molecule has 94 valence electrons. The number of carbonyl (C=O) groups is 2. The highest BCUT2D eigenvalue weighted by molar-refractivity contribution is 5.88. The van der Waals surface area contributed by atoms with Crippen molar-refractivity contribution in [1.82, 2.24) is 15.1 Å². The molecule has 1 atom stereocenters. The van der Waals surface area contributed by atoms with Gasteiger partial charge in [0.2, 0.25) is 11.8 Å². The minimum Gasteiger partial charge on any atom is -0.349 e. The van der Waals surface area contributed by atoms with E-state index in [-0.39, 0.29) is 36.7 Å². The molecule has 0 radical (unpaired) electrons. The van der Waals surface area contributed by atoms with Crippen LogP contribution in [0.4, 0.5) is 0 Å². The minimum atomic E-state index is -0.339. The Morgan fingerprint density at radius 3 is 2.69 bits per heavy atom. The van der Waals surface area contributed by atoms with Gasteiger partial charge in [-0.05, 0) is 6.92 Å². The van der Waals surface area contributed by atoms with E-state index in [1.165, 1.54) is 4.90 Å². The molecule has 1 unspecified atom stereocenters. The number of hydrogen-bond donors (Lipinski definition) is 1. The maximum atomic E-state index is 11.8. The number of piperazine rings is 1. The van der Waals surface area contributed by atoms with Gasteiger partial charge in [-0.15, -0.1) is 12.4 Å². The molecule has 1 saturated heterocycles. The predicted molar refractivity (Wildman–Crippen MR) is 64.6 cm³/mol. The summed E-state index contributed by atoms with van der Waals surface area (Å²) in [5.74, 6) is 0.0257. The summed E-state index contributed by atoms with van der Waals surface area (Å²) < 4.78 is 0. The number of halogens is 1. The predicted octanol–water partition coefficient (Wildman–Crippen LogP) is -0.293. The summed E-state index contributed by atoms with van der Waals surface area (Å²) in [6, 6.07) is -0.339. The zero-order chi connectivity index (χ0) is 11.4. The summed E-state index contributed by atoms with van der Waals surface area (Å²) in [7, 11) is 3.40. The van der Waals surface area contributed by atoms with Crippen molar-refractivity contribution in [3.63, 3.8) is 0 Å². The molecule has 0 saturated carbocycles. The highest BCUT2D eigenvalue weighted by Crippen LogP contribution is 2.05. The van der Waals surface area contributed by atoms with Gasteiger partial charge in [0, 0.05) is 33.7 Å². The van der Waals surface area contributed by atoms with Gasteiger partial charge in [-0.1, -0.05) is 0 Å². The lowest BCUT2D eigenvalue weighted by atomic mass is 10.1. The molecule has 16 heavy (non-hydrogen) atoms. The molecule has 1 fully saturated rings. The van der Waals surface area contributed by atoms with Gasteiger partial charge >= 0.3 is 0 Å². The Bertz CT molecular complexity index is 258. The van der Waals surface area contributed by atoms with E-state index in [0.29, 0.717) is 6.54 Å². The van der Waals surface area contributed by atoms with E-state index in [9.17, 15) is 9.59 Å². The molecule has 0 aliphatic carbocycles. The van der Waals surface area contributed by atoms with E-state index in [1.807, 2.05) is 6.92 Å². The average molecular weight is 250 g/mol. The SMILES string of the molecule is CCN1CCNC(CC(=O)N(C)C)C1=O.Cl. The van der Waals surface area contributed by atoms with E-state index >= 15 is 0 Å². The number of carbonyl (C=O) groups excluding carboxylic acids is 2. The lowest BCUT2D eigenvalue weighted by molar-refractivity contribution is -0.139. The topological polar surface area (TPSA) is 52.7 Å². The van der Waals surface area contributed by atoms with E-state index in [2.05, 4.69) is 5.32 Å². The van der Waals surface area contributed by atoms with Gasteiger partial charge in [-0.25, -0.2) is 0 Å². The second-order valence-electron chi connectivity index (χ2n) is 3.92. The van der Waals surface area contributed by atoms with Crippen LogP contribution in [-0.2, 0) is 9.59 Å². The molecule has 6 heteroatoms. The third-order valence-electron chi connectivity index (χ3n) is 2.64. The summed E-state index contributed by atoms with van der Waals surface area (Å²) in [6.07, 6.45) is 0.252. The Labute approximate surface area is 103 Å². The molecule has 1 heterocycles. The summed E-state index contributed by atoms with van der Waals surface area (Å²) in [4.78, 5) is 26.6. The van der Waals surface area contributed by atoms with Crippen LogP contribution < -0.4 is 5.32 Å². The van der Waals surface area contributed by atoms with E-state index < -0.39 is 0 Å². The van der Waals surface area contributed by atoms with E-state index in [0.717, 1.165) is 13.1 Å². The molecule has 0 spiro atoms. The number of rotatable bonds is 3. The van der Waals surface area contributed by atoms with Gasteiger partial charge in [0.05, 0.1) is 12.5 Å². The molecule has 1 aliphatic heterocycles. The molecule has 0 aromatic carbocycles. The second kappa shape index (κ2) is 6.70. The largest absolute Gasteiger partial charge is 0.349 e. The Kier molecular flexibility index (Phi) is 6.36. The molecular weight excluding hydrogens is 230 g/mol. The van der Waals surface area contributed by atoms with Crippen molar-refractivity contribution < 1.29 is 9.59 Å². The quantitative estimate of drug-likeness (QED) is 0.748. The number of amides is 2. The first kappa shape index (κ1) is 15.2. The van der Waals surface area contributed by atoms with E-state index in [1.54, 1.807) is 19.0 Å². The van der Waals surface area contributed by atoms with Crippen molar-refractivity contribution in [2.24, 2.45) is 0 Å². The fourth-order valence-corrected chi connectivity index (χ4v) is 1.62. The Balaban J connectivity index is 0.00000225. The molecule has 1 N–H and O–H groups in total. The van der Waals surface area contributed by atoms with Crippen LogP contribution in [0.25, 0.3) is 0 Å². The molecule has 2 amide bonds. The number of nitrogens with zero attached hydrogens (tertiary/aromatic N) is 2. The lowest BCUT2D eigenvalue weighted by Crippen LogP contribution is -2.56. The fourth-order valence-electron chi connectivity index (χ4n) is 1.62. The van der Waals surface area contributed by atoms with Crippen LogP contribution in [0, 0.1) is 0 Å². The van der Waals surface area contributed by atoms with Crippen molar-refractivity contribution in [1.29, 1.82) is 0 Å². The molecular formula is C10H20ClN3O2. The van der Waals surface area contributed by atoms with Gasteiger partial charge < -0.3 is 15.1 Å². The Morgan fingerprint density at radius 2 is 2.19 bits per heavy atom. The molecule has 0 aromatic rings. The molecule has 1 aliphatic rings. The molecule has 0 aromatic heterocycles. The lowest BCUT2D eigenvalue weighted by Gasteiger charge is -2.32. The van der Waals surface area contributed by atoms with Crippen LogP contribution in [0.15, 0.2) is 0 Å². The third-order valence-corrected chi connectivity index (χ3v) is 2.64. The summed E-state index contributed by atoms with van der Waals surface area (Å²) in [6.45, 7) is 4.17. The summed E-state index contributed by atoms with van der Waals surface area (Å²) in [5, 5.41) is 3.08. The van der Waals surface area contributed by atoms with Crippen LogP contribution in [0.1, 0.15) is 13.3 Å². The van der Waals surface area contributed by atoms with Gasteiger partial charge in [0.15, 0.2) is 0 Å². The standard InChI is InChI=1S/C10H19N3O2.ClH/c1-4-13-6-5-11-8(10(13)15)7-9(14)12(2)3;/h8,11H,4-7H2,1-3H3;1H. The Hall–Kier alpha value is -0.810. The van der Waals surface area contributed by atoms with Crippen LogP contribution in [-0.4, -0.2) is 61.4 Å². The highest BCUT2D eigenvalue weighted by atomic mass is 35.5. The molecule has 5 nitrogen and oxygen atoms in total. The average Bonchev–Trinajstić information content (AvgIpc) is 2.21. The number of hydrogen-bond acceptors (Lipinski definition) is 3. The molecule has 0 bridgehead atoms. The van der Waals surface area contributed by atoms with Gasteiger partial charge in [0.25, 0.3) is 0 Å². The summed E-state index contributed by atoms with van der Waals surface area (Å²) >= 11 is 0. The van der Waals surface area contributed by atoms with Crippen molar-refractivity contribution in [2.75, 3.05) is 33.7 Å². The summed E-state index contributed by atoms with van der Waals surface area (Å²) in [5.41, 5.74) is 0. The van der Waals surface area contributed by atoms with Gasteiger partial charge in [0.1, 0.15) is 0 Å². The van der Waals surface area contributed by atoms with Crippen LogP contribution in [0.2, 0.25) is 0 Å². The number of nitrogens with one attached hydrogen (secondary N) is 1. The van der Waals surface area contributed by atoms with Gasteiger partial charge in [-0.3, -0.25) is 9.59 Å². The fraction of sp³-hybridized carbons (Fsp3) is 0.800.